The molecule has 1 aliphatic heterocycles. The number of ether oxygens (including phenoxy) is 1. The zero-order chi connectivity index (χ0) is 17.3. The summed E-state index contributed by atoms with van der Waals surface area (Å²) in [4.78, 5) is 0. The molecule has 0 atom stereocenters. The van der Waals surface area contributed by atoms with Crippen molar-refractivity contribution >= 4 is 33.2 Å². The molecule has 0 fully saturated rings. The minimum Gasteiger partial charge on any atom is -0.487 e. The molecule has 7 heteroatoms. The summed E-state index contributed by atoms with van der Waals surface area (Å²) < 4.78 is 6.97. The number of rotatable bonds is 4. The summed E-state index contributed by atoms with van der Waals surface area (Å²) in [6.07, 6.45) is 0. The summed E-state index contributed by atoms with van der Waals surface area (Å²) in [6, 6.07) is 9.90. The van der Waals surface area contributed by atoms with Gasteiger partial charge in [0.2, 0.25) is 0 Å². The predicted molar refractivity (Wildman–Crippen MR) is 99.4 cm³/mol. The first-order valence-corrected chi connectivity index (χ1v) is 8.70. The van der Waals surface area contributed by atoms with Crippen LogP contribution >= 0.6 is 27.5 Å². The zero-order valence-corrected chi connectivity index (χ0v) is 16.1. The Kier molecular flexibility index (Phi) is 4.96. The van der Waals surface area contributed by atoms with Gasteiger partial charge in [0, 0.05) is 17.1 Å². The molecule has 0 radical (unpaired) electrons. The molecule has 0 saturated heterocycles. The maximum atomic E-state index is 6.29. The standard InChI is InChI=1S/C17H18BrClN4O/c1-11-5-4-6-16(23-10-22(3)20-21-23)13(11)9-24-17-7-12(2)14(18)8-15(17)19/h4-8H,9-10H2,1-3H3. The molecule has 5 nitrogen and oxygen atoms in total. The maximum absolute atomic E-state index is 6.29. The highest BCUT2D eigenvalue weighted by molar-refractivity contribution is 9.10. The monoisotopic (exact) mass is 408 g/mol. The Morgan fingerprint density at radius 3 is 2.71 bits per heavy atom. The van der Waals surface area contributed by atoms with Gasteiger partial charge in [0.05, 0.1) is 10.7 Å². The minimum atomic E-state index is 0.415. The smallest absolute Gasteiger partial charge is 0.138 e. The number of benzene rings is 2. The van der Waals surface area contributed by atoms with E-state index in [1.807, 2.05) is 43.2 Å². The van der Waals surface area contributed by atoms with Crippen molar-refractivity contribution in [2.75, 3.05) is 18.7 Å². The van der Waals surface area contributed by atoms with Crippen LogP contribution in [0.1, 0.15) is 16.7 Å². The van der Waals surface area contributed by atoms with E-state index in [4.69, 9.17) is 16.3 Å². The number of hydrogen-bond donors (Lipinski definition) is 0. The highest BCUT2D eigenvalue weighted by atomic mass is 79.9. The Hall–Kier alpha value is -1.79. The highest BCUT2D eigenvalue weighted by Gasteiger charge is 2.19. The third-order valence-electron chi connectivity index (χ3n) is 3.89. The number of hydrogen-bond acceptors (Lipinski definition) is 5. The van der Waals surface area contributed by atoms with Crippen LogP contribution in [0, 0.1) is 13.8 Å². The number of nitrogens with zero attached hydrogens (tertiary/aromatic N) is 4. The number of aryl methyl sites for hydroxylation is 2. The minimum absolute atomic E-state index is 0.415. The Bertz CT molecular complexity index is 796. The van der Waals surface area contributed by atoms with Crippen LogP contribution in [0.3, 0.4) is 0 Å². The van der Waals surface area contributed by atoms with Crippen molar-refractivity contribution in [3.05, 3.63) is 56.5 Å². The fourth-order valence-electron chi connectivity index (χ4n) is 2.50. The third kappa shape index (κ3) is 3.49. The first kappa shape index (κ1) is 17.0. The normalized spacial score (nSPS) is 13.7. The first-order valence-electron chi connectivity index (χ1n) is 7.53. The van der Waals surface area contributed by atoms with Gasteiger partial charge in [0.25, 0.3) is 0 Å². The van der Waals surface area contributed by atoms with Crippen molar-refractivity contribution in [3.63, 3.8) is 0 Å². The molecule has 0 bridgehead atoms. The van der Waals surface area contributed by atoms with Gasteiger partial charge in [-0.3, -0.25) is 5.01 Å². The Labute approximate surface area is 154 Å². The van der Waals surface area contributed by atoms with Crippen molar-refractivity contribution < 1.29 is 4.74 Å². The molecule has 1 heterocycles. The van der Waals surface area contributed by atoms with Gasteiger partial charge >= 0.3 is 0 Å². The molecule has 2 aromatic carbocycles. The van der Waals surface area contributed by atoms with Gasteiger partial charge in [-0.1, -0.05) is 44.9 Å². The second-order valence-electron chi connectivity index (χ2n) is 5.77. The van der Waals surface area contributed by atoms with Crippen LogP contribution < -0.4 is 9.75 Å². The summed E-state index contributed by atoms with van der Waals surface area (Å²) in [6.45, 7) is 5.10. The molecule has 0 N–H and O–H groups in total. The lowest BCUT2D eigenvalue weighted by Gasteiger charge is -2.20. The van der Waals surface area contributed by atoms with Gasteiger partial charge < -0.3 is 4.74 Å². The average Bonchev–Trinajstić information content (AvgIpc) is 2.97. The molecule has 0 aromatic heterocycles. The van der Waals surface area contributed by atoms with E-state index in [-0.39, 0.29) is 0 Å². The van der Waals surface area contributed by atoms with E-state index < -0.39 is 0 Å². The second kappa shape index (κ2) is 6.99. The van der Waals surface area contributed by atoms with Gasteiger partial charge in [0.1, 0.15) is 19.0 Å². The number of anilines is 1. The molecule has 0 unspecified atom stereocenters. The molecule has 1 aliphatic rings. The van der Waals surface area contributed by atoms with E-state index in [0.717, 1.165) is 26.9 Å². The number of halogens is 2. The molecule has 2 aromatic rings. The van der Waals surface area contributed by atoms with Crippen molar-refractivity contribution in [1.82, 2.24) is 5.01 Å². The van der Waals surface area contributed by atoms with E-state index >= 15 is 0 Å². The fraction of sp³-hybridized carbons (Fsp3) is 0.294. The van der Waals surface area contributed by atoms with Gasteiger partial charge in [-0.2, -0.15) is 0 Å². The third-order valence-corrected chi connectivity index (χ3v) is 5.04. The molecule has 126 valence electrons. The molecular weight excluding hydrogens is 392 g/mol. The van der Waals surface area contributed by atoms with Crippen molar-refractivity contribution in [1.29, 1.82) is 0 Å². The fourth-order valence-corrected chi connectivity index (χ4v) is 3.19. The summed E-state index contributed by atoms with van der Waals surface area (Å²) in [7, 11) is 1.89. The Morgan fingerprint density at radius 2 is 2.00 bits per heavy atom. The van der Waals surface area contributed by atoms with E-state index in [1.165, 1.54) is 0 Å². The second-order valence-corrected chi connectivity index (χ2v) is 7.03. The van der Waals surface area contributed by atoms with Gasteiger partial charge in [-0.25, -0.2) is 5.01 Å². The predicted octanol–water partition coefficient (Wildman–Crippen LogP) is 5.29. The van der Waals surface area contributed by atoms with Crippen molar-refractivity contribution in [2.24, 2.45) is 10.4 Å². The van der Waals surface area contributed by atoms with Crippen molar-refractivity contribution in [2.45, 2.75) is 20.5 Å². The van der Waals surface area contributed by atoms with Crippen LogP contribution in [0.15, 0.2) is 45.3 Å². The maximum Gasteiger partial charge on any atom is 0.138 e. The van der Waals surface area contributed by atoms with E-state index in [0.29, 0.717) is 24.0 Å². The van der Waals surface area contributed by atoms with Crippen molar-refractivity contribution in [3.8, 4) is 5.75 Å². The summed E-state index contributed by atoms with van der Waals surface area (Å²) in [5, 5.41) is 12.4. The quantitative estimate of drug-likeness (QED) is 0.689. The topological polar surface area (TPSA) is 40.4 Å². The molecule has 0 spiro atoms. The summed E-state index contributed by atoms with van der Waals surface area (Å²) in [5.41, 5.74) is 4.29. The lowest BCUT2D eigenvalue weighted by molar-refractivity contribution is 0.305. The van der Waals surface area contributed by atoms with Crippen LogP contribution in [-0.2, 0) is 6.61 Å². The first-order chi connectivity index (χ1) is 11.5. The van der Waals surface area contributed by atoms with E-state index in [1.54, 1.807) is 5.01 Å². The van der Waals surface area contributed by atoms with Crippen LogP contribution in [0.25, 0.3) is 0 Å². The van der Waals surface area contributed by atoms with E-state index in [2.05, 4.69) is 39.4 Å². The Morgan fingerprint density at radius 1 is 1.21 bits per heavy atom. The van der Waals surface area contributed by atoms with Gasteiger partial charge in [-0.05, 0) is 48.4 Å². The lowest BCUT2D eigenvalue weighted by atomic mass is 10.1. The van der Waals surface area contributed by atoms with Crippen LogP contribution in [0.5, 0.6) is 5.75 Å². The SMILES string of the molecule is Cc1cc(OCc2c(C)cccc2N2CN(C)N=N2)c(Cl)cc1Br. The van der Waals surface area contributed by atoms with Crippen LogP contribution in [0.4, 0.5) is 5.69 Å². The van der Waals surface area contributed by atoms with Crippen LogP contribution in [0.2, 0.25) is 5.02 Å². The Balaban J connectivity index is 1.85. The largest absolute Gasteiger partial charge is 0.487 e. The summed E-state index contributed by atoms with van der Waals surface area (Å²) >= 11 is 9.76. The molecule has 3 rings (SSSR count). The molecule has 0 saturated carbocycles. The zero-order valence-electron chi connectivity index (χ0n) is 13.8. The molecular formula is C17H18BrClN4O. The highest BCUT2D eigenvalue weighted by Crippen LogP contribution is 2.33. The van der Waals surface area contributed by atoms with Gasteiger partial charge in [0.15, 0.2) is 0 Å². The van der Waals surface area contributed by atoms with Crippen LogP contribution in [-0.4, -0.2) is 18.7 Å². The van der Waals surface area contributed by atoms with E-state index in [9.17, 15) is 0 Å². The lowest BCUT2D eigenvalue weighted by Crippen LogP contribution is -2.23. The summed E-state index contributed by atoms with van der Waals surface area (Å²) in [5.74, 6) is 0.673. The average molecular weight is 410 g/mol. The molecule has 24 heavy (non-hydrogen) atoms. The molecule has 0 amide bonds. The molecule has 0 aliphatic carbocycles. The van der Waals surface area contributed by atoms with Gasteiger partial charge in [-0.15, -0.1) is 0 Å².